The van der Waals surface area contributed by atoms with E-state index in [1.165, 1.54) is 75.4 Å². The van der Waals surface area contributed by atoms with Gasteiger partial charge in [0, 0.05) is 25.2 Å². The molecule has 0 spiro atoms. The molecule has 0 aromatic carbocycles. The smallest absolute Gasteiger partial charge is 0.306 e. The number of carbonyl (C=O) groups is 2. The van der Waals surface area contributed by atoms with Crippen LogP contribution >= 0.6 is 0 Å². The van der Waals surface area contributed by atoms with Crippen LogP contribution in [0.25, 0.3) is 11.1 Å². The molecule has 6 fully saturated rings. The van der Waals surface area contributed by atoms with Crippen molar-refractivity contribution in [2.45, 2.75) is 144 Å². The lowest BCUT2D eigenvalue weighted by Crippen LogP contribution is -2.51. The van der Waals surface area contributed by atoms with Crippen molar-refractivity contribution in [3.63, 3.8) is 0 Å². The van der Waals surface area contributed by atoms with E-state index in [0.717, 1.165) is 72.1 Å². The number of rotatable bonds is 4. The second kappa shape index (κ2) is 15.2. The molecule has 8 nitrogen and oxygen atoms in total. The van der Waals surface area contributed by atoms with Crippen LogP contribution in [0.4, 0.5) is 0 Å². The van der Waals surface area contributed by atoms with Crippen LogP contribution in [0, 0.1) is 69.0 Å². The molecule has 0 bridgehead atoms. The summed E-state index contributed by atoms with van der Waals surface area (Å²) in [7, 11) is 0. The van der Waals surface area contributed by atoms with Gasteiger partial charge in [0.25, 0.3) is 0 Å². The Hall–Kier alpha value is -3.42. The van der Waals surface area contributed by atoms with Crippen molar-refractivity contribution in [3.8, 4) is 0 Å². The number of allylic oxidation sites excluding steroid dienone is 4. The maximum atomic E-state index is 12.1. The van der Waals surface area contributed by atoms with E-state index in [1.54, 1.807) is 0 Å². The lowest BCUT2D eigenvalue weighted by molar-refractivity contribution is -0.145. The van der Waals surface area contributed by atoms with Crippen LogP contribution in [-0.2, 0) is 31.9 Å². The van der Waals surface area contributed by atoms with Crippen molar-refractivity contribution < 1.29 is 19.1 Å². The van der Waals surface area contributed by atoms with Gasteiger partial charge in [0.05, 0.1) is 48.4 Å². The number of ether oxygens (including phenoxy) is 2. The van der Waals surface area contributed by atoms with E-state index in [4.69, 9.17) is 19.4 Å². The van der Waals surface area contributed by atoms with Gasteiger partial charge in [-0.25, -0.2) is 9.97 Å². The number of cyclic esters (lactones) is 2. The van der Waals surface area contributed by atoms with Gasteiger partial charge in [-0.2, -0.15) is 0 Å². The largest absolute Gasteiger partial charge is 0.466 e. The van der Waals surface area contributed by atoms with Crippen LogP contribution in [0.2, 0.25) is 0 Å². The minimum absolute atomic E-state index is 0.0111. The lowest BCUT2D eigenvalue weighted by Gasteiger charge is -2.58. The van der Waals surface area contributed by atoms with Crippen LogP contribution in [0.15, 0.2) is 36.9 Å². The maximum absolute atomic E-state index is 12.1. The molecular weight excluding hydrogens is 721 g/mol. The van der Waals surface area contributed by atoms with Gasteiger partial charge >= 0.3 is 11.9 Å². The summed E-state index contributed by atoms with van der Waals surface area (Å²) in [6.45, 7) is 15.5. The van der Waals surface area contributed by atoms with E-state index < -0.39 is 0 Å². The summed E-state index contributed by atoms with van der Waals surface area (Å²) in [5.41, 5.74) is 8.17. The number of aromatic nitrogens is 4. The first-order valence-electron chi connectivity index (χ1n) is 23.3. The maximum Gasteiger partial charge on any atom is 0.306 e. The van der Waals surface area contributed by atoms with Gasteiger partial charge in [-0.1, -0.05) is 53.7 Å². The number of esters is 2. The fourth-order valence-corrected chi connectivity index (χ4v) is 15.1. The van der Waals surface area contributed by atoms with Crippen molar-refractivity contribution in [1.82, 2.24) is 19.9 Å². The molecule has 58 heavy (non-hydrogen) atoms. The molecule has 4 saturated carbocycles. The average Bonchev–Trinajstić information content (AvgIpc) is 3.67. The Morgan fingerprint density at radius 3 is 1.69 bits per heavy atom. The van der Waals surface area contributed by atoms with E-state index in [1.807, 2.05) is 24.8 Å². The second-order valence-electron chi connectivity index (χ2n) is 20.8. The number of hydrogen-bond acceptors (Lipinski definition) is 8. The zero-order chi connectivity index (χ0) is 40.5. The van der Waals surface area contributed by atoms with E-state index in [9.17, 15) is 9.59 Å². The molecule has 2 aromatic heterocycles. The van der Waals surface area contributed by atoms with Gasteiger partial charge < -0.3 is 9.47 Å². The molecule has 8 aliphatic rings. The number of hydrogen-bond donors (Lipinski definition) is 0. The third-order valence-electron chi connectivity index (χ3n) is 18.6. The van der Waals surface area contributed by atoms with E-state index in [2.05, 4.69) is 63.7 Å². The van der Waals surface area contributed by atoms with Crippen molar-refractivity contribution >= 4 is 23.1 Å². The summed E-state index contributed by atoms with van der Waals surface area (Å²) in [6.07, 6.45) is 30.1. The quantitative estimate of drug-likeness (QED) is 0.282. The number of fused-ring (bicyclic) bond motifs is 10. The molecule has 8 heteroatoms. The Balaban J connectivity index is 0.000000150. The minimum Gasteiger partial charge on any atom is -0.466 e. The molecule has 4 heterocycles. The van der Waals surface area contributed by atoms with Gasteiger partial charge in [-0.15, -0.1) is 0 Å². The van der Waals surface area contributed by atoms with Gasteiger partial charge in [0.1, 0.15) is 0 Å². The SMILES string of the molecule is CCc1cncc(C2=CC[C@H]3[C@@H]4CC[C@H]5CC(=O)OCC[C@]5(C)[C@H]4CC[C@]23C)n1.CCc1cncc(C2=CC[C@H]3[C@@H]4CC[C@H]5COC(=O)CC[C@]5(C)[C@H]4CC[C@]23C)n1. The highest BCUT2D eigenvalue weighted by Crippen LogP contribution is 2.68. The van der Waals surface area contributed by atoms with Gasteiger partial charge in [-0.05, 0) is 170 Å². The summed E-state index contributed by atoms with van der Waals surface area (Å²) >= 11 is 0. The Morgan fingerprint density at radius 1 is 0.603 bits per heavy atom. The second-order valence-corrected chi connectivity index (χ2v) is 20.8. The van der Waals surface area contributed by atoms with Crippen molar-refractivity contribution in [2.24, 2.45) is 69.0 Å². The minimum atomic E-state index is 0.0111. The highest BCUT2D eigenvalue weighted by atomic mass is 16.5. The summed E-state index contributed by atoms with van der Waals surface area (Å²) in [5, 5.41) is 0. The third kappa shape index (κ3) is 6.51. The third-order valence-corrected chi connectivity index (χ3v) is 18.6. The summed E-state index contributed by atoms with van der Waals surface area (Å²) in [4.78, 5) is 42.9. The molecule has 312 valence electrons. The molecular formula is C50H68N4O4. The highest BCUT2D eigenvalue weighted by Gasteiger charge is 2.60. The first-order valence-corrected chi connectivity index (χ1v) is 23.3. The van der Waals surface area contributed by atoms with E-state index >= 15 is 0 Å². The molecule has 0 radical (unpaired) electrons. The van der Waals surface area contributed by atoms with E-state index in [-0.39, 0.29) is 33.6 Å². The van der Waals surface area contributed by atoms with Gasteiger partial charge in [0.15, 0.2) is 0 Å². The molecule has 0 N–H and O–H groups in total. The fourth-order valence-electron chi connectivity index (χ4n) is 15.1. The van der Waals surface area contributed by atoms with Crippen LogP contribution in [0.5, 0.6) is 0 Å². The Bertz CT molecular complexity index is 1880. The predicted molar refractivity (Wildman–Crippen MR) is 226 cm³/mol. The first-order chi connectivity index (χ1) is 27.9. The zero-order valence-corrected chi connectivity index (χ0v) is 36.2. The van der Waals surface area contributed by atoms with E-state index in [0.29, 0.717) is 49.7 Å². The Kier molecular flexibility index (Phi) is 10.5. The molecule has 10 rings (SSSR count). The highest BCUT2D eigenvalue weighted by molar-refractivity contribution is 5.72. The predicted octanol–water partition coefficient (Wildman–Crippen LogP) is 10.5. The monoisotopic (exact) mass is 789 g/mol. The molecule has 0 unspecified atom stereocenters. The molecule has 2 saturated heterocycles. The summed E-state index contributed by atoms with van der Waals surface area (Å²) in [6, 6.07) is 0. The molecule has 6 aliphatic carbocycles. The van der Waals surface area contributed by atoms with Crippen molar-refractivity contribution in [1.29, 1.82) is 0 Å². The topological polar surface area (TPSA) is 104 Å². The fraction of sp³-hybridized carbons (Fsp3) is 0.720. The van der Waals surface area contributed by atoms with Crippen LogP contribution in [-0.4, -0.2) is 45.1 Å². The number of carbonyl (C=O) groups excluding carboxylic acids is 2. The number of nitrogens with zero attached hydrogens (tertiary/aromatic N) is 4. The van der Waals surface area contributed by atoms with Crippen LogP contribution in [0.3, 0.4) is 0 Å². The Labute approximate surface area is 347 Å². The summed E-state index contributed by atoms with van der Waals surface area (Å²) in [5.74, 6) is 5.41. The van der Waals surface area contributed by atoms with Crippen molar-refractivity contribution in [2.75, 3.05) is 13.2 Å². The van der Waals surface area contributed by atoms with Gasteiger partial charge in [-0.3, -0.25) is 19.6 Å². The van der Waals surface area contributed by atoms with Crippen LogP contribution < -0.4 is 0 Å². The normalized spacial score (nSPS) is 41.5. The molecule has 12 atom stereocenters. The molecule has 0 amide bonds. The molecule has 2 aliphatic heterocycles. The van der Waals surface area contributed by atoms with Gasteiger partial charge in [0.2, 0.25) is 0 Å². The van der Waals surface area contributed by atoms with Crippen molar-refractivity contribution in [3.05, 3.63) is 59.7 Å². The Morgan fingerprint density at radius 2 is 1.14 bits per heavy atom. The first kappa shape index (κ1) is 40.0. The lowest BCUT2D eigenvalue weighted by atomic mass is 9.46. The summed E-state index contributed by atoms with van der Waals surface area (Å²) < 4.78 is 11.0. The average molecular weight is 789 g/mol. The molecule has 2 aromatic rings. The van der Waals surface area contributed by atoms with Crippen LogP contribution in [0.1, 0.15) is 154 Å². The number of aryl methyl sites for hydroxylation is 2. The standard InChI is InChI=1S/2C25H34N2O2/c1-4-17-13-26-14-22(27-17)21-8-7-19-18-6-5-16-15-29-23(28)10-12-24(16,2)20(18)9-11-25(19,21)3;1-4-17-14-26-15-22(27-17)21-8-7-19-18-6-5-16-13-23(28)29-12-11-24(16,2)20(18)9-10-25(19,21)3/h8,13-14,16,18-20H,4-7,9-12,15H2,1-3H3;8,14-16,18-20H,4-7,9-13H2,1-3H3/t2*16-,18-,19-,20-,24-,25-/m00/s1. The zero-order valence-electron chi connectivity index (χ0n) is 36.2.